The molecule has 3 aromatic carbocycles. The van der Waals surface area contributed by atoms with E-state index >= 15 is 0 Å². The molecule has 1 amide bonds. The van der Waals surface area contributed by atoms with Crippen LogP contribution in [0.2, 0.25) is 0 Å². The number of thioether (sulfide) groups is 1. The zero-order chi connectivity index (χ0) is 33.0. The van der Waals surface area contributed by atoms with Crippen molar-refractivity contribution >= 4 is 51.9 Å². The summed E-state index contributed by atoms with van der Waals surface area (Å²) in [6.07, 6.45) is -1.71. The summed E-state index contributed by atoms with van der Waals surface area (Å²) in [7, 11) is 0. The molecule has 0 saturated carbocycles. The highest BCUT2D eigenvalue weighted by Gasteiger charge is 2.33. The zero-order valence-corrected chi connectivity index (χ0v) is 26.4. The van der Waals surface area contributed by atoms with Gasteiger partial charge in [0, 0.05) is 5.56 Å². The molecule has 234 valence electrons. The first-order valence-electron chi connectivity index (χ1n) is 13.8. The normalized spacial score (nSPS) is 14.6. The summed E-state index contributed by atoms with van der Waals surface area (Å²) in [6.45, 7) is 13.7. The lowest BCUT2D eigenvalue weighted by Gasteiger charge is -2.22. The summed E-state index contributed by atoms with van der Waals surface area (Å²) < 4.78 is 42.6. The van der Waals surface area contributed by atoms with Gasteiger partial charge in [0.25, 0.3) is 5.11 Å². The fourth-order valence-electron chi connectivity index (χ4n) is 4.54. The Hall–Kier alpha value is -5.00. The quantitative estimate of drug-likeness (QED) is 0.162. The summed E-state index contributed by atoms with van der Waals surface area (Å²) in [5, 5.41) is 7.76. The Morgan fingerprint density at radius 3 is 2.52 bits per heavy atom. The lowest BCUT2D eigenvalue weighted by atomic mass is 9.99. The number of benzene rings is 3. The molecule has 0 aliphatic carbocycles. The number of nitrogens with zero attached hydrogens (tertiary/aromatic N) is 6. The Bertz CT molecular complexity index is 1880. The molecule has 4 aromatic rings. The molecule has 1 aliphatic heterocycles. The Labute approximate surface area is 272 Å². The maximum atomic E-state index is 12.9. The minimum absolute atomic E-state index is 0.0487. The van der Waals surface area contributed by atoms with Gasteiger partial charge in [-0.05, 0) is 78.2 Å². The van der Waals surface area contributed by atoms with Gasteiger partial charge in [0.1, 0.15) is 12.1 Å². The van der Waals surface area contributed by atoms with Crippen molar-refractivity contribution in [1.82, 2.24) is 20.1 Å². The van der Waals surface area contributed by atoms with Gasteiger partial charge in [0.2, 0.25) is 11.7 Å². The molecule has 5 rings (SSSR count). The van der Waals surface area contributed by atoms with Crippen LogP contribution in [-0.4, -0.2) is 43.1 Å². The second kappa shape index (κ2) is 13.6. The van der Waals surface area contributed by atoms with Crippen molar-refractivity contribution in [3.8, 4) is 22.8 Å². The van der Waals surface area contributed by atoms with Crippen molar-refractivity contribution in [1.29, 1.82) is 0 Å². The third kappa shape index (κ3) is 7.79. The number of aliphatic imine (C=N–C) groups is 1. The number of rotatable bonds is 7. The number of ether oxygens (including phenoxy) is 1. The first-order valence-corrected chi connectivity index (χ1v) is 15.2. The molecule has 1 N–H and O–H groups in total. The van der Waals surface area contributed by atoms with Crippen molar-refractivity contribution in [2.24, 2.45) is 4.99 Å². The van der Waals surface area contributed by atoms with Crippen LogP contribution in [0.3, 0.4) is 0 Å². The van der Waals surface area contributed by atoms with Crippen LogP contribution in [0.5, 0.6) is 5.75 Å². The van der Waals surface area contributed by atoms with Gasteiger partial charge >= 0.3 is 6.36 Å². The molecule has 1 aromatic heterocycles. The Balaban J connectivity index is 1.28. The molecule has 1 aliphatic rings. The van der Waals surface area contributed by atoms with E-state index in [0.29, 0.717) is 27.8 Å². The lowest BCUT2D eigenvalue weighted by molar-refractivity contribution is -0.274. The van der Waals surface area contributed by atoms with Crippen molar-refractivity contribution in [2.75, 3.05) is 10.7 Å². The molecule has 14 heteroatoms. The second-order valence-corrected chi connectivity index (χ2v) is 11.7. The third-order valence-corrected chi connectivity index (χ3v) is 7.78. The fraction of sp³-hybridized carbons (Fsp3) is 0.188. The van der Waals surface area contributed by atoms with E-state index in [1.807, 2.05) is 25.1 Å². The molecular formula is C32H26F3N7O2S2. The highest BCUT2D eigenvalue weighted by Crippen LogP contribution is 2.34. The minimum Gasteiger partial charge on any atom is -0.406 e. The van der Waals surface area contributed by atoms with Gasteiger partial charge in [-0.15, -0.1) is 18.3 Å². The van der Waals surface area contributed by atoms with Crippen LogP contribution in [0.4, 0.5) is 18.9 Å². The molecule has 0 bridgehead atoms. The van der Waals surface area contributed by atoms with Gasteiger partial charge in [-0.3, -0.25) is 15.0 Å². The number of nitrogens with one attached hydrogen (secondary N) is 1. The number of aryl methyl sites for hydroxylation is 1. The standard InChI is InChI=1S/C32H26F3N7O2S2/c1-19(2)25-14-5-20(3)15-26(25)42-28(43)17-46-31(42)39-30(45)38-27(36-4)16-21-6-8-22(9-7-21)29-37-18-41(40-29)23-10-12-24(13-11-23)44-32(33,34)35/h5-16,18-19H,17H2,1-3H3,(H,38,45)/b27-16+,39-31-. The van der Waals surface area contributed by atoms with E-state index in [1.165, 1.54) is 47.0 Å². The first kappa shape index (κ1) is 32.4. The fourth-order valence-corrected chi connectivity index (χ4v) is 5.66. The van der Waals surface area contributed by atoms with E-state index in [9.17, 15) is 18.0 Å². The average molecular weight is 662 g/mol. The monoisotopic (exact) mass is 661 g/mol. The van der Waals surface area contributed by atoms with Crippen LogP contribution in [0, 0.1) is 13.5 Å². The van der Waals surface area contributed by atoms with Crippen LogP contribution in [0.25, 0.3) is 28.0 Å². The van der Waals surface area contributed by atoms with E-state index in [-0.39, 0.29) is 34.3 Å². The molecule has 1 fully saturated rings. The minimum atomic E-state index is -4.77. The summed E-state index contributed by atoms with van der Waals surface area (Å²) >= 11 is 6.74. The van der Waals surface area contributed by atoms with Crippen LogP contribution in [-0.2, 0) is 4.79 Å². The average Bonchev–Trinajstić information content (AvgIpc) is 3.63. The number of halogens is 3. The largest absolute Gasteiger partial charge is 0.573 e. The maximum absolute atomic E-state index is 12.9. The van der Waals surface area contributed by atoms with Gasteiger partial charge in [0.15, 0.2) is 11.0 Å². The Morgan fingerprint density at radius 1 is 1.15 bits per heavy atom. The van der Waals surface area contributed by atoms with E-state index in [4.69, 9.17) is 18.8 Å². The van der Waals surface area contributed by atoms with E-state index in [0.717, 1.165) is 16.8 Å². The van der Waals surface area contributed by atoms with Crippen LogP contribution in [0.15, 0.2) is 83.9 Å². The van der Waals surface area contributed by atoms with E-state index < -0.39 is 6.36 Å². The number of thiocarbonyl (C=S) groups is 1. The SMILES string of the molecule is [C-]#[N+]/C(=C\c1ccc(-c2ncn(-c3ccc(OC(F)(F)F)cc3)n2)cc1)NC(=S)/N=C1\SCC(=O)N1c1cc(C)ccc1C(C)C. The number of anilines is 1. The van der Waals surface area contributed by atoms with Crippen molar-refractivity contribution in [3.05, 3.63) is 107 Å². The molecule has 0 spiro atoms. The summed E-state index contributed by atoms with van der Waals surface area (Å²) in [6, 6.07) is 18.4. The molecule has 1 saturated heterocycles. The highest BCUT2D eigenvalue weighted by atomic mass is 32.2. The number of hydrogen-bond acceptors (Lipinski definition) is 6. The van der Waals surface area contributed by atoms with E-state index in [1.54, 1.807) is 35.2 Å². The van der Waals surface area contributed by atoms with Crippen molar-refractivity contribution < 1.29 is 22.7 Å². The maximum Gasteiger partial charge on any atom is 0.573 e. The second-order valence-electron chi connectivity index (χ2n) is 10.4. The number of carbonyl (C=O) groups is 1. The zero-order valence-electron chi connectivity index (χ0n) is 24.7. The predicted molar refractivity (Wildman–Crippen MR) is 176 cm³/mol. The highest BCUT2D eigenvalue weighted by molar-refractivity contribution is 8.15. The van der Waals surface area contributed by atoms with Crippen molar-refractivity contribution in [2.45, 2.75) is 33.1 Å². The molecule has 9 nitrogen and oxygen atoms in total. The number of hydrogen-bond donors (Lipinski definition) is 1. The summed E-state index contributed by atoms with van der Waals surface area (Å²) in [4.78, 5) is 26.8. The van der Waals surface area contributed by atoms with Gasteiger partial charge in [-0.2, -0.15) is 4.99 Å². The van der Waals surface area contributed by atoms with Gasteiger partial charge in [-0.1, -0.05) is 68.6 Å². The Kier molecular flexibility index (Phi) is 9.54. The molecule has 0 radical (unpaired) electrons. The van der Waals surface area contributed by atoms with Crippen LogP contribution >= 0.6 is 24.0 Å². The number of amidine groups is 1. The van der Waals surface area contributed by atoms with Gasteiger partial charge < -0.3 is 9.58 Å². The van der Waals surface area contributed by atoms with Gasteiger partial charge in [-0.25, -0.2) is 9.67 Å². The predicted octanol–water partition coefficient (Wildman–Crippen LogP) is 7.49. The smallest absolute Gasteiger partial charge is 0.406 e. The topological polar surface area (TPSA) is 89.0 Å². The number of amides is 1. The molecule has 0 atom stereocenters. The molecule has 0 unspecified atom stereocenters. The number of aromatic nitrogens is 3. The van der Waals surface area contributed by atoms with Crippen molar-refractivity contribution in [3.63, 3.8) is 0 Å². The molecule has 2 heterocycles. The number of carbonyl (C=O) groups excluding carboxylic acids is 1. The third-order valence-electron chi connectivity index (χ3n) is 6.67. The first-order chi connectivity index (χ1) is 21.9. The van der Waals surface area contributed by atoms with Gasteiger partial charge in [0.05, 0.1) is 17.1 Å². The summed E-state index contributed by atoms with van der Waals surface area (Å²) in [5.41, 5.74) is 4.71. The van der Waals surface area contributed by atoms with E-state index in [2.05, 4.69) is 43.8 Å². The molecule has 46 heavy (non-hydrogen) atoms. The summed E-state index contributed by atoms with van der Waals surface area (Å²) in [5.74, 6) is 0.542. The van der Waals surface area contributed by atoms with Crippen LogP contribution < -0.4 is 15.0 Å². The number of alkyl halides is 3. The van der Waals surface area contributed by atoms with Crippen LogP contribution in [0.1, 0.15) is 36.5 Å². The molecular weight excluding hydrogens is 636 g/mol. The lowest BCUT2D eigenvalue weighted by Crippen LogP contribution is -2.32. The Morgan fingerprint density at radius 2 is 1.87 bits per heavy atom.